The highest BCUT2D eigenvalue weighted by Crippen LogP contribution is 2.17. The van der Waals surface area contributed by atoms with Gasteiger partial charge in [0, 0.05) is 25.3 Å². The first-order valence-corrected chi connectivity index (χ1v) is 7.00. The number of carbonyl (C=O) groups is 1. The molecule has 20 heavy (non-hydrogen) atoms. The van der Waals surface area contributed by atoms with E-state index in [0.29, 0.717) is 6.54 Å². The lowest BCUT2D eigenvalue weighted by Gasteiger charge is -2.24. The summed E-state index contributed by atoms with van der Waals surface area (Å²) >= 11 is 0. The van der Waals surface area contributed by atoms with Crippen LogP contribution < -0.4 is 5.32 Å². The lowest BCUT2D eigenvalue weighted by Crippen LogP contribution is -2.36. The monoisotopic (exact) mass is 277 g/mol. The van der Waals surface area contributed by atoms with Crippen LogP contribution >= 0.6 is 0 Å². The Balaban J connectivity index is 1.86. The summed E-state index contributed by atoms with van der Waals surface area (Å²) in [6, 6.07) is 4.22. The minimum Gasteiger partial charge on any atom is -0.444 e. The van der Waals surface area contributed by atoms with Crippen LogP contribution in [0.4, 0.5) is 10.6 Å². The number of carbonyl (C=O) groups excluding carboxylic acids is 1. The van der Waals surface area contributed by atoms with Gasteiger partial charge in [-0.15, -0.1) is 0 Å². The number of anilines is 1. The number of ether oxygens (including phenoxy) is 1. The molecule has 0 bridgehead atoms. The first-order chi connectivity index (χ1) is 9.33. The molecule has 1 aliphatic heterocycles. The van der Waals surface area contributed by atoms with Gasteiger partial charge >= 0.3 is 6.09 Å². The van der Waals surface area contributed by atoms with Gasteiger partial charge in [-0.1, -0.05) is 6.07 Å². The van der Waals surface area contributed by atoms with Gasteiger partial charge in [0.1, 0.15) is 11.4 Å². The van der Waals surface area contributed by atoms with Gasteiger partial charge in [-0.05, 0) is 45.7 Å². The van der Waals surface area contributed by atoms with E-state index in [-0.39, 0.29) is 12.1 Å². The zero-order chi connectivity index (χ0) is 14.8. The second-order valence-corrected chi connectivity index (χ2v) is 6.28. The van der Waals surface area contributed by atoms with Gasteiger partial charge in [-0.3, -0.25) is 0 Å². The Kier molecular flexibility index (Phi) is 4.16. The van der Waals surface area contributed by atoms with Crippen molar-refractivity contribution in [2.75, 3.05) is 18.4 Å². The second-order valence-electron chi connectivity index (χ2n) is 6.28. The maximum atomic E-state index is 12.0. The molecule has 1 fully saturated rings. The minimum atomic E-state index is -0.443. The summed E-state index contributed by atoms with van der Waals surface area (Å²) in [6.07, 6.45) is 2.51. The van der Waals surface area contributed by atoms with Crippen LogP contribution in [0.5, 0.6) is 0 Å². The maximum absolute atomic E-state index is 12.0. The molecule has 1 N–H and O–H groups in total. The molecule has 1 saturated heterocycles. The van der Waals surface area contributed by atoms with Crippen LogP contribution in [-0.4, -0.2) is 40.7 Å². The SMILES string of the molecule is Cc1ccc(N[C@H]2CCN(C(=O)OC(C)(C)C)C2)nc1. The predicted octanol–water partition coefficient (Wildman–Crippen LogP) is 2.81. The van der Waals surface area contributed by atoms with E-state index in [1.54, 1.807) is 4.90 Å². The van der Waals surface area contributed by atoms with Gasteiger partial charge in [0.15, 0.2) is 0 Å². The van der Waals surface area contributed by atoms with Crippen LogP contribution in [0.3, 0.4) is 0 Å². The summed E-state index contributed by atoms with van der Waals surface area (Å²) in [7, 11) is 0. The van der Waals surface area contributed by atoms with E-state index in [4.69, 9.17) is 4.74 Å². The lowest BCUT2D eigenvalue weighted by atomic mass is 10.2. The van der Waals surface area contributed by atoms with Gasteiger partial charge in [0.25, 0.3) is 0 Å². The number of hydrogen-bond acceptors (Lipinski definition) is 4. The first-order valence-electron chi connectivity index (χ1n) is 7.00. The van der Waals surface area contributed by atoms with E-state index in [1.807, 2.05) is 46.0 Å². The van der Waals surface area contributed by atoms with E-state index in [9.17, 15) is 4.79 Å². The Labute approximate surface area is 120 Å². The molecule has 2 rings (SSSR count). The Bertz CT molecular complexity index is 465. The van der Waals surface area contributed by atoms with Crippen molar-refractivity contribution in [3.8, 4) is 0 Å². The number of likely N-dealkylation sites (tertiary alicyclic amines) is 1. The number of aromatic nitrogens is 1. The number of aryl methyl sites for hydroxylation is 1. The number of amides is 1. The molecular formula is C15H23N3O2. The molecule has 110 valence electrons. The van der Waals surface area contributed by atoms with Crippen LogP contribution in [0.15, 0.2) is 18.3 Å². The molecule has 1 amide bonds. The van der Waals surface area contributed by atoms with E-state index >= 15 is 0 Å². The highest BCUT2D eigenvalue weighted by atomic mass is 16.6. The van der Waals surface area contributed by atoms with Crippen LogP contribution in [-0.2, 0) is 4.74 Å². The summed E-state index contributed by atoms with van der Waals surface area (Å²) in [5.74, 6) is 0.853. The minimum absolute atomic E-state index is 0.234. The molecule has 5 heteroatoms. The number of pyridine rings is 1. The molecule has 0 aromatic carbocycles. The predicted molar refractivity (Wildman–Crippen MR) is 78.8 cm³/mol. The molecule has 1 aromatic rings. The molecule has 0 spiro atoms. The molecule has 0 aliphatic carbocycles. The third-order valence-corrected chi connectivity index (χ3v) is 3.10. The van der Waals surface area contributed by atoms with E-state index in [2.05, 4.69) is 10.3 Å². The van der Waals surface area contributed by atoms with Crippen molar-refractivity contribution in [1.29, 1.82) is 0 Å². The molecule has 5 nitrogen and oxygen atoms in total. The summed E-state index contributed by atoms with van der Waals surface area (Å²) in [5.41, 5.74) is 0.693. The van der Waals surface area contributed by atoms with Crippen molar-refractivity contribution in [2.24, 2.45) is 0 Å². The smallest absolute Gasteiger partial charge is 0.410 e. The van der Waals surface area contributed by atoms with Gasteiger partial charge in [0.2, 0.25) is 0 Å². The van der Waals surface area contributed by atoms with Gasteiger partial charge in [-0.25, -0.2) is 9.78 Å². The van der Waals surface area contributed by atoms with Crippen molar-refractivity contribution < 1.29 is 9.53 Å². The fraction of sp³-hybridized carbons (Fsp3) is 0.600. The average Bonchev–Trinajstić information content (AvgIpc) is 2.79. The van der Waals surface area contributed by atoms with E-state index < -0.39 is 5.60 Å². The normalized spacial score (nSPS) is 19.0. The van der Waals surface area contributed by atoms with Gasteiger partial charge in [-0.2, -0.15) is 0 Å². The molecule has 0 saturated carbocycles. The average molecular weight is 277 g/mol. The maximum Gasteiger partial charge on any atom is 0.410 e. The molecule has 2 heterocycles. The Morgan fingerprint density at radius 1 is 1.45 bits per heavy atom. The summed E-state index contributed by atoms with van der Waals surface area (Å²) in [5, 5.41) is 3.36. The fourth-order valence-corrected chi connectivity index (χ4v) is 2.13. The Hall–Kier alpha value is -1.78. The lowest BCUT2D eigenvalue weighted by molar-refractivity contribution is 0.0293. The van der Waals surface area contributed by atoms with E-state index in [0.717, 1.165) is 24.3 Å². The van der Waals surface area contributed by atoms with Crippen molar-refractivity contribution >= 4 is 11.9 Å². The highest BCUT2D eigenvalue weighted by Gasteiger charge is 2.29. The molecule has 0 unspecified atom stereocenters. The summed E-state index contributed by atoms with van der Waals surface area (Å²) in [6.45, 7) is 9.03. The molecule has 1 aromatic heterocycles. The van der Waals surface area contributed by atoms with Gasteiger partial charge < -0.3 is 15.0 Å². The zero-order valence-corrected chi connectivity index (χ0v) is 12.6. The third-order valence-electron chi connectivity index (χ3n) is 3.10. The molecule has 1 aliphatic rings. The Morgan fingerprint density at radius 3 is 2.80 bits per heavy atom. The number of nitrogens with one attached hydrogen (secondary N) is 1. The van der Waals surface area contributed by atoms with E-state index in [1.165, 1.54) is 0 Å². The number of hydrogen-bond donors (Lipinski definition) is 1. The largest absolute Gasteiger partial charge is 0.444 e. The van der Waals surface area contributed by atoms with Crippen molar-refractivity contribution in [3.05, 3.63) is 23.9 Å². The molecule has 0 radical (unpaired) electrons. The zero-order valence-electron chi connectivity index (χ0n) is 12.6. The van der Waals surface area contributed by atoms with Crippen molar-refractivity contribution in [3.63, 3.8) is 0 Å². The fourth-order valence-electron chi connectivity index (χ4n) is 2.13. The van der Waals surface area contributed by atoms with Gasteiger partial charge in [0.05, 0.1) is 0 Å². The van der Waals surface area contributed by atoms with Crippen LogP contribution in [0.2, 0.25) is 0 Å². The van der Waals surface area contributed by atoms with Crippen LogP contribution in [0, 0.1) is 6.92 Å². The first kappa shape index (κ1) is 14.6. The summed E-state index contributed by atoms with van der Waals surface area (Å²) < 4.78 is 5.38. The second kappa shape index (κ2) is 5.69. The van der Waals surface area contributed by atoms with Crippen LogP contribution in [0.25, 0.3) is 0 Å². The van der Waals surface area contributed by atoms with Crippen LogP contribution in [0.1, 0.15) is 32.8 Å². The highest BCUT2D eigenvalue weighted by molar-refractivity contribution is 5.68. The molecular weight excluding hydrogens is 254 g/mol. The third kappa shape index (κ3) is 4.11. The topological polar surface area (TPSA) is 54.5 Å². The number of nitrogens with zero attached hydrogens (tertiary/aromatic N) is 2. The van der Waals surface area contributed by atoms with Crippen molar-refractivity contribution in [2.45, 2.75) is 45.8 Å². The Morgan fingerprint density at radius 2 is 2.20 bits per heavy atom. The van der Waals surface area contributed by atoms with Crippen molar-refractivity contribution in [1.82, 2.24) is 9.88 Å². The summed E-state index contributed by atoms with van der Waals surface area (Å²) in [4.78, 5) is 18.0. The standard InChI is InChI=1S/C15H23N3O2/c1-11-5-6-13(16-9-11)17-12-7-8-18(10-12)14(19)20-15(2,3)4/h5-6,9,12H,7-8,10H2,1-4H3,(H,16,17)/t12-/m0/s1. The number of rotatable bonds is 2. The molecule has 1 atom stereocenters. The quantitative estimate of drug-likeness (QED) is 0.903.